The average molecular weight is 528 g/mol. The average Bonchev–Trinajstić information content (AvgIpc) is 3.58. The van der Waals surface area contributed by atoms with E-state index in [2.05, 4.69) is 69.8 Å². The fourth-order valence-electron chi connectivity index (χ4n) is 4.79. The highest BCUT2D eigenvalue weighted by Crippen LogP contribution is 2.29. The lowest BCUT2D eigenvalue weighted by Crippen LogP contribution is -2.25. The number of nitrogens with zero attached hydrogens (tertiary/aromatic N) is 6. The number of pyridine rings is 1. The number of para-hydroxylation sites is 1. The summed E-state index contributed by atoms with van der Waals surface area (Å²) in [7, 11) is 0. The van der Waals surface area contributed by atoms with Gasteiger partial charge in [-0.05, 0) is 64.1 Å². The zero-order valence-corrected chi connectivity index (χ0v) is 22.3. The maximum absolute atomic E-state index is 13.8. The van der Waals surface area contributed by atoms with Gasteiger partial charge < -0.3 is 0 Å². The summed E-state index contributed by atoms with van der Waals surface area (Å²) < 4.78 is 3.61. The summed E-state index contributed by atoms with van der Waals surface area (Å²) in [6.45, 7) is 4.77. The van der Waals surface area contributed by atoms with Crippen molar-refractivity contribution in [3.8, 4) is 28.2 Å². The molecule has 3 heterocycles. The number of H-pyrrole nitrogens is 1. The molecule has 0 amide bonds. The van der Waals surface area contributed by atoms with Gasteiger partial charge in [0.15, 0.2) is 5.82 Å². The molecule has 9 heteroatoms. The Bertz CT molecular complexity index is 1570. The van der Waals surface area contributed by atoms with E-state index in [1.165, 1.54) is 0 Å². The maximum Gasteiger partial charge on any atom is 0.333 e. The van der Waals surface area contributed by atoms with E-state index in [0.29, 0.717) is 17.4 Å². The van der Waals surface area contributed by atoms with Crippen LogP contribution in [0.2, 0.25) is 5.02 Å². The van der Waals surface area contributed by atoms with Crippen LogP contribution in [0, 0.1) is 0 Å². The molecule has 0 saturated carbocycles. The molecule has 3 aromatic heterocycles. The van der Waals surface area contributed by atoms with Crippen LogP contribution in [0.1, 0.15) is 49.9 Å². The lowest BCUT2D eigenvalue weighted by Gasteiger charge is -2.11. The summed E-state index contributed by atoms with van der Waals surface area (Å²) in [5.41, 5.74) is 6.66. The lowest BCUT2D eigenvalue weighted by molar-refractivity contribution is 0.673. The molecule has 0 radical (unpaired) electrons. The van der Waals surface area contributed by atoms with Crippen LogP contribution in [0.15, 0.2) is 71.9 Å². The number of tetrazole rings is 1. The molecule has 0 bridgehead atoms. The van der Waals surface area contributed by atoms with Gasteiger partial charge >= 0.3 is 5.69 Å². The Kier molecular flexibility index (Phi) is 7.79. The van der Waals surface area contributed by atoms with E-state index in [-0.39, 0.29) is 5.69 Å². The first-order chi connectivity index (χ1) is 18.6. The monoisotopic (exact) mass is 527 g/mol. The number of halogens is 1. The van der Waals surface area contributed by atoms with Crippen molar-refractivity contribution in [3.05, 3.63) is 99.4 Å². The Hall–Kier alpha value is -4.04. The first-order valence-electron chi connectivity index (χ1n) is 13.0. The van der Waals surface area contributed by atoms with Gasteiger partial charge in [-0.3, -0.25) is 14.1 Å². The molecule has 0 unspecified atom stereocenters. The summed E-state index contributed by atoms with van der Waals surface area (Å²) in [6.07, 6.45) is 10.2. The predicted molar refractivity (Wildman–Crippen MR) is 150 cm³/mol. The van der Waals surface area contributed by atoms with Gasteiger partial charge in [0.25, 0.3) is 0 Å². The molecule has 1 N–H and O–H groups in total. The van der Waals surface area contributed by atoms with Crippen molar-refractivity contribution in [2.24, 2.45) is 0 Å². The normalized spacial score (nSPS) is 11.2. The van der Waals surface area contributed by atoms with Gasteiger partial charge in [-0.25, -0.2) is 9.89 Å². The van der Waals surface area contributed by atoms with Gasteiger partial charge in [0.2, 0.25) is 0 Å². The third-order valence-corrected chi connectivity index (χ3v) is 7.01. The molecule has 194 valence electrons. The second kappa shape index (κ2) is 11.6. The molecule has 38 heavy (non-hydrogen) atoms. The minimum atomic E-state index is -0.0696. The van der Waals surface area contributed by atoms with Crippen LogP contribution >= 0.6 is 11.6 Å². The number of hydrogen-bond donors (Lipinski definition) is 1. The van der Waals surface area contributed by atoms with Crippen LogP contribution < -0.4 is 5.69 Å². The number of benzene rings is 2. The minimum absolute atomic E-state index is 0.0696. The highest BCUT2D eigenvalue weighted by Gasteiger charge is 2.18. The molecule has 0 aliphatic carbocycles. The number of nitrogens with one attached hydrogen (secondary N) is 1. The summed E-state index contributed by atoms with van der Waals surface area (Å²) in [5.74, 6) is 0.563. The first-order valence-corrected chi connectivity index (χ1v) is 13.3. The third kappa shape index (κ3) is 5.17. The molecule has 5 rings (SSSR count). The van der Waals surface area contributed by atoms with E-state index in [0.717, 1.165) is 71.3 Å². The van der Waals surface area contributed by atoms with Crippen LogP contribution in [-0.4, -0.2) is 34.7 Å². The van der Waals surface area contributed by atoms with Crippen LogP contribution in [-0.2, 0) is 19.4 Å². The molecule has 2 aromatic carbocycles. The number of aryl methyl sites for hydroxylation is 2. The number of aromatic amines is 1. The van der Waals surface area contributed by atoms with E-state index in [4.69, 9.17) is 11.6 Å². The number of imidazole rings is 1. The quantitative estimate of drug-likeness (QED) is 0.245. The van der Waals surface area contributed by atoms with Crippen molar-refractivity contribution in [1.82, 2.24) is 34.7 Å². The van der Waals surface area contributed by atoms with Gasteiger partial charge in [0, 0.05) is 29.8 Å². The zero-order valence-electron chi connectivity index (χ0n) is 21.6. The summed E-state index contributed by atoms with van der Waals surface area (Å²) in [5, 5.41) is 14.8. The van der Waals surface area contributed by atoms with Crippen molar-refractivity contribution in [3.63, 3.8) is 0 Å². The lowest BCUT2D eigenvalue weighted by atomic mass is 10.00. The fraction of sp³-hybridized carbons (Fsp3) is 0.276. The van der Waals surface area contributed by atoms with E-state index in [1.807, 2.05) is 29.0 Å². The molecular formula is C29H30ClN7O. The van der Waals surface area contributed by atoms with Crippen LogP contribution in [0.4, 0.5) is 0 Å². The van der Waals surface area contributed by atoms with Crippen molar-refractivity contribution in [2.45, 2.75) is 52.5 Å². The molecule has 0 saturated heterocycles. The molecular weight excluding hydrogens is 498 g/mol. The summed E-state index contributed by atoms with van der Waals surface area (Å²) >= 11 is 6.64. The Morgan fingerprint density at radius 2 is 1.82 bits per heavy atom. The zero-order chi connectivity index (χ0) is 26.5. The number of unbranched alkanes of at least 4 members (excludes halogenated alkanes) is 1. The van der Waals surface area contributed by atoms with E-state index in [9.17, 15) is 4.79 Å². The second-order valence-electron chi connectivity index (χ2n) is 9.33. The Labute approximate surface area is 226 Å². The molecule has 0 atom stereocenters. The van der Waals surface area contributed by atoms with E-state index in [1.54, 1.807) is 17.0 Å². The standard InChI is InChI=1S/C29H30ClN7O/c1-3-5-9-23-19-37(27-22(7-4-2)8-6-10-26(27)30)29(38)36(23)18-20-11-13-21(14-12-20)24-15-16-31-17-25(24)28-32-34-35-33-28/h6,8,10-17,19H,3-5,7,9,18H2,1-2H3,(H,32,33,34,35). The van der Waals surface area contributed by atoms with Gasteiger partial charge in [-0.2, -0.15) is 0 Å². The third-order valence-electron chi connectivity index (χ3n) is 6.71. The largest absolute Gasteiger partial charge is 0.333 e. The Morgan fingerprint density at radius 1 is 0.974 bits per heavy atom. The van der Waals surface area contributed by atoms with E-state index >= 15 is 0 Å². The minimum Gasteiger partial charge on any atom is -0.292 e. The van der Waals surface area contributed by atoms with Crippen molar-refractivity contribution >= 4 is 11.6 Å². The molecule has 0 fully saturated rings. The van der Waals surface area contributed by atoms with Gasteiger partial charge in [0.05, 0.1) is 17.3 Å². The number of aromatic nitrogens is 7. The van der Waals surface area contributed by atoms with Crippen molar-refractivity contribution in [1.29, 1.82) is 0 Å². The van der Waals surface area contributed by atoms with Crippen molar-refractivity contribution in [2.75, 3.05) is 0 Å². The van der Waals surface area contributed by atoms with E-state index < -0.39 is 0 Å². The van der Waals surface area contributed by atoms with Crippen molar-refractivity contribution < 1.29 is 0 Å². The van der Waals surface area contributed by atoms with Gasteiger partial charge in [-0.1, -0.05) is 74.7 Å². The van der Waals surface area contributed by atoms with Crippen LogP contribution in [0.25, 0.3) is 28.2 Å². The molecule has 5 aromatic rings. The SMILES string of the molecule is CCCCc1cn(-c2c(Cl)cccc2CCC)c(=O)n1Cc1ccc(-c2ccncc2-c2nnn[nH]2)cc1. The molecule has 0 aliphatic rings. The Morgan fingerprint density at radius 3 is 2.55 bits per heavy atom. The van der Waals surface area contributed by atoms with Crippen LogP contribution in [0.3, 0.4) is 0 Å². The van der Waals surface area contributed by atoms with Gasteiger partial charge in [-0.15, -0.1) is 5.10 Å². The summed E-state index contributed by atoms with van der Waals surface area (Å²) in [4.78, 5) is 18.0. The maximum atomic E-state index is 13.8. The molecule has 0 spiro atoms. The van der Waals surface area contributed by atoms with Gasteiger partial charge in [0.1, 0.15) is 0 Å². The first kappa shape index (κ1) is 25.6. The Balaban J connectivity index is 1.50. The van der Waals surface area contributed by atoms with Crippen LogP contribution in [0.5, 0.6) is 0 Å². The smallest absolute Gasteiger partial charge is 0.292 e. The fourth-order valence-corrected chi connectivity index (χ4v) is 5.08. The second-order valence-corrected chi connectivity index (χ2v) is 9.74. The number of hydrogen-bond acceptors (Lipinski definition) is 5. The highest BCUT2D eigenvalue weighted by molar-refractivity contribution is 6.32. The molecule has 0 aliphatic heterocycles. The predicted octanol–water partition coefficient (Wildman–Crippen LogP) is 5.88. The topological polar surface area (TPSA) is 94.3 Å². The number of rotatable bonds is 10. The highest BCUT2D eigenvalue weighted by atomic mass is 35.5. The molecule has 8 nitrogen and oxygen atoms in total. The summed E-state index contributed by atoms with van der Waals surface area (Å²) in [6, 6.07) is 16.0.